The van der Waals surface area contributed by atoms with Gasteiger partial charge in [0.1, 0.15) is 0 Å². The monoisotopic (exact) mass is 188 g/mol. The molecule has 0 aromatic rings. The van der Waals surface area contributed by atoms with Crippen molar-refractivity contribution in [3.63, 3.8) is 0 Å². The van der Waals surface area contributed by atoms with Crippen molar-refractivity contribution in [2.45, 2.75) is 46.0 Å². The SMILES string of the molecule is CCCCC=CC=C(C)C(C)(F)F. The zero-order chi connectivity index (χ0) is 10.3. The van der Waals surface area contributed by atoms with Crippen LogP contribution in [0.2, 0.25) is 0 Å². The van der Waals surface area contributed by atoms with E-state index in [4.69, 9.17) is 0 Å². The van der Waals surface area contributed by atoms with E-state index in [2.05, 4.69) is 6.92 Å². The number of unbranched alkanes of at least 4 members (excludes halogenated alkanes) is 2. The van der Waals surface area contributed by atoms with Gasteiger partial charge in [-0.15, -0.1) is 0 Å². The van der Waals surface area contributed by atoms with Gasteiger partial charge in [0.2, 0.25) is 0 Å². The molecule has 0 amide bonds. The summed E-state index contributed by atoms with van der Waals surface area (Å²) in [6.07, 6.45) is 8.34. The van der Waals surface area contributed by atoms with Crippen molar-refractivity contribution >= 4 is 0 Å². The summed E-state index contributed by atoms with van der Waals surface area (Å²) in [5.74, 6) is -2.69. The lowest BCUT2D eigenvalue weighted by Gasteiger charge is -2.08. The molecule has 0 bridgehead atoms. The molecule has 76 valence electrons. The average Bonchev–Trinajstić information content (AvgIpc) is 2.02. The van der Waals surface area contributed by atoms with Crippen molar-refractivity contribution in [1.29, 1.82) is 0 Å². The van der Waals surface area contributed by atoms with Crippen LogP contribution in [0.5, 0.6) is 0 Å². The van der Waals surface area contributed by atoms with E-state index in [1.54, 1.807) is 6.08 Å². The van der Waals surface area contributed by atoms with Crippen LogP contribution < -0.4 is 0 Å². The normalized spacial score (nSPS) is 14.1. The van der Waals surface area contributed by atoms with Crippen LogP contribution in [0, 0.1) is 0 Å². The number of alkyl halides is 2. The molecule has 0 saturated heterocycles. The smallest absolute Gasteiger partial charge is 0.202 e. The zero-order valence-corrected chi connectivity index (χ0v) is 8.61. The molecule has 0 rings (SSSR count). The first kappa shape index (κ1) is 12.3. The van der Waals surface area contributed by atoms with Crippen molar-refractivity contribution in [2.75, 3.05) is 0 Å². The second-order valence-corrected chi connectivity index (χ2v) is 3.31. The first-order valence-corrected chi connectivity index (χ1v) is 4.70. The fraction of sp³-hybridized carbons (Fsp3) is 0.636. The minimum Gasteiger partial charge on any atom is -0.202 e. The lowest BCUT2D eigenvalue weighted by atomic mass is 10.1. The summed E-state index contributed by atoms with van der Waals surface area (Å²) in [6.45, 7) is 4.47. The van der Waals surface area contributed by atoms with Gasteiger partial charge >= 0.3 is 0 Å². The molecule has 0 aromatic carbocycles. The quantitative estimate of drug-likeness (QED) is 0.445. The molecule has 0 N–H and O–H groups in total. The van der Waals surface area contributed by atoms with E-state index < -0.39 is 5.92 Å². The Hall–Kier alpha value is -0.660. The second kappa shape index (κ2) is 5.90. The van der Waals surface area contributed by atoms with Gasteiger partial charge in [-0.3, -0.25) is 0 Å². The highest BCUT2D eigenvalue weighted by Crippen LogP contribution is 2.21. The fourth-order valence-corrected chi connectivity index (χ4v) is 0.777. The van der Waals surface area contributed by atoms with Gasteiger partial charge in [0, 0.05) is 6.92 Å². The van der Waals surface area contributed by atoms with E-state index in [0.29, 0.717) is 0 Å². The number of hydrogen-bond acceptors (Lipinski definition) is 0. The van der Waals surface area contributed by atoms with Crippen molar-refractivity contribution < 1.29 is 8.78 Å². The molecule has 2 heteroatoms. The largest absolute Gasteiger partial charge is 0.266 e. The van der Waals surface area contributed by atoms with Crippen LogP contribution in [0.3, 0.4) is 0 Å². The van der Waals surface area contributed by atoms with Gasteiger partial charge in [0.05, 0.1) is 0 Å². The van der Waals surface area contributed by atoms with E-state index in [1.165, 1.54) is 13.0 Å². The topological polar surface area (TPSA) is 0 Å². The van der Waals surface area contributed by atoms with Crippen molar-refractivity contribution in [3.05, 3.63) is 23.8 Å². The molecule has 0 aromatic heterocycles. The molecule has 0 nitrogen and oxygen atoms in total. The minimum absolute atomic E-state index is 0.111. The molecule has 0 fully saturated rings. The molecule has 0 spiro atoms. The van der Waals surface area contributed by atoms with Gasteiger partial charge < -0.3 is 0 Å². The van der Waals surface area contributed by atoms with Gasteiger partial charge in [-0.25, -0.2) is 8.78 Å². The van der Waals surface area contributed by atoms with Crippen molar-refractivity contribution in [3.8, 4) is 0 Å². The third kappa shape index (κ3) is 6.50. The Balaban J connectivity index is 3.90. The van der Waals surface area contributed by atoms with Crippen LogP contribution in [0.15, 0.2) is 23.8 Å². The van der Waals surface area contributed by atoms with Gasteiger partial charge in [-0.05, 0) is 18.9 Å². The van der Waals surface area contributed by atoms with Crippen LogP contribution in [0.25, 0.3) is 0 Å². The molecule has 0 aliphatic carbocycles. The molecular weight excluding hydrogens is 170 g/mol. The van der Waals surface area contributed by atoms with Crippen LogP contribution in [-0.4, -0.2) is 5.92 Å². The highest BCUT2D eigenvalue weighted by molar-refractivity contribution is 5.16. The lowest BCUT2D eigenvalue weighted by molar-refractivity contribution is 0.0635. The Labute approximate surface area is 79.3 Å². The molecule has 0 atom stereocenters. The summed E-state index contributed by atoms with van der Waals surface area (Å²) >= 11 is 0. The predicted molar refractivity (Wildman–Crippen MR) is 53.0 cm³/mol. The molecule has 0 saturated carbocycles. The van der Waals surface area contributed by atoms with E-state index in [-0.39, 0.29) is 5.57 Å². The fourth-order valence-electron chi connectivity index (χ4n) is 0.777. The molecule has 0 aliphatic heterocycles. The Morgan fingerprint density at radius 3 is 2.46 bits per heavy atom. The second-order valence-electron chi connectivity index (χ2n) is 3.31. The summed E-state index contributed by atoms with van der Waals surface area (Å²) in [4.78, 5) is 0. The summed E-state index contributed by atoms with van der Waals surface area (Å²) in [5.41, 5.74) is 0.111. The Bertz CT molecular complexity index is 185. The number of halogens is 2. The molecule has 0 radical (unpaired) electrons. The van der Waals surface area contributed by atoms with Gasteiger partial charge in [-0.2, -0.15) is 0 Å². The molecular formula is C11H18F2. The summed E-state index contributed by atoms with van der Waals surface area (Å²) < 4.78 is 25.2. The van der Waals surface area contributed by atoms with E-state index in [0.717, 1.165) is 26.2 Å². The third-order valence-electron chi connectivity index (χ3n) is 1.90. The average molecular weight is 188 g/mol. The summed E-state index contributed by atoms with van der Waals surface area (Å²) in [5, 5.41) is 0. The van der Waals surface area contributed by atoms with Gasteiger partial charge in [0.25, 0.3) is 5.92 Å². The van der Waals surface area contributed by atoms with Gasteiger partial charge in [-0.1, -0.05) is 38.0 Å². The Morgan fingerprint density at radius 2 is 2.00 bits per heavy atom. The third-order valence-corrected chi connectivity index (χ3v) is 1.90. The Kier molecular flexibility index (Phi) is 5.60. The van der Waals surface area contributed by atoms with E-state index >= 15 is 0 Å². The van der Waals surface area contributed by atoms with E-state index in [9.17, 15) is 8.78 Å². The van der Waals surface area contributed by atoms with Crippen LogP contribution >= 0.6 is 0 Å². The molecule has 0 aliphatic rings. The standard InChI is InChI=1S/C11H18F2/c1-4-5-6-7-8-9-10(2)11(3,12)13/h7-9H,4-6H2,1-3H3. The highest BCUT2D eigenvalue weighted by atomic mass is 19.3. The van der Waals surface area contributed by atoms with Gasteiger partial charge in [0.15, 0.2) is 0 Å². The minimum atomic E-state index is -2.69. The van der Waals surface area contributed by atoms with E-state index in [1.807, 2.05) is 6.08 Å². The van der Waals surface area contributed by atoms with Crippen molar-refractivity contribution in [2.24, 2.45) is 0 Å². The first-order valence-electron chi connectivity index (χ1n) is 4.70. The maximum atomic E-state index is 12.6. The van der Waals surface area contributed by atoms with Crippen LogP contribution in [0.1, 0.15) is 40.0 Å². The maximum Gasteiger partial charge on any atom is 0.266 e. The number of hydrogen-bond donors (Lipinski definition) is 0. The molecule has 13 heavy (non-hydrogen) atoms. The highest BCUT2D eigenvalue weighted by Gasteiger charge is 2.22. The zero-order valence-electron chi connectivity index (χ0n) is 8.61. The first-order chi connectivity index (χ1) is 5.98. The van der Waals surface area contributed by atoms with Crippen molar-refractivity contribution in [1.82, 2.24) is 0 Å². The Morgan fingerprint density at radius 1 is 1.38 bits per heavy atom. The summed E-state index contributed by atoms with van der Waals surface area (Å²) in [7, 11) is 0. The lowest BCUT2D eigenvalue weighted by Crippen LogP contribution is -2.10. The molecule has 0 unspecified atom stereocenters. The maximum absolute atomic E-state index is 12.6. The number of rotatable bonds is 5. The summed E-state index contributed by atoms with van der Waals surface area (Å²) in [6, 6.07) is 0. The van der Waals surface area contributed by atoms with Crippen LogP contribution in [-0.2, 0) is 0 Å². The number of allylic oxidation sites excluding steroid dienone is 4. The van der Waals surface area contributed by atoms with Crippen LogP contribution in [0.4, 0.5) is 8.78 Å². The molecule has 0 heterocycles. The predicted octanol–water partition coefficient (Wildman–Crippen LogP) is 4.33.